The Balaban J connectivity index is 2.45. The molecule has 0 heterocycles. The van der Waals surface area contributed by atoms with Crippen molar-refractivity contribution in [3.8, 4) is 0 Å². The van der Waals surface area contributed by atoms with Gasteiger partial charge in [0.1, 0.15) is 0 Å². The monoisotopic (exact) mass is 136 g/mol. The lowest BCUT2D eigenvalue weighted by Gasteiger charge is -2.33. The first-order valence-corrected chi connectivity index (χ1v) is 4.26. The van der Waals surface area contributed by atoms with Crippen molar-refractivity contribution in [3.05, 3.63) is 12.2 Å². The molecule has 0 aliphatic heterocycles. The van der Waals surface area contributed by atoms with Gasteiger partial charge in [-0.05, 0) is 29.6 Å². The lowest BCUT2D eigenvalue weighted by molar-refractivity contribution is 0.182. The van der Waals surface area contributed by atoms with Gasteiger partial charge in [-0.3, -0.25) is 0 Å². The van der Waals surface area contributed by atoms with Crippen molar-refractivity contribution in [1.82, 2.24) is 0 Å². The van der Waals surface area contributed by atoms with Gasteiger partial charge in [-0.25, -0.2) is 0 Å². The Hall–Kier alpha value is -0.260. The van der Waals surface area contributed by atoms with Crippen LogP contribution in [0.2, 0.25) is 0 Å². The first-order chi connectivity index (χ1) is 4.56. The van der Waals surface area contributed by atoms with E-state index in [0.717, 1.165) is 5.92 Å². The van der Waals surface area contributed by atoms with Gasteiger partial charge in [-0.1, -0.05) is 32.9 Å². The molecular formula is C10H16. The average Bonchev–Trinajstić information content (AvgIpc) is 2.18. The highest BCUT2D eigenvalue weighted by molar-refractivity contribution is 5.22. The molecule has 2 rings (SSSR count). The molecule has 0 nitrogen and oxygen atoms in total. The second kappa shape index (κ2) is 1.49. The molecule has 0 radical (unpaired) electrons. The third kappa shape index (κ3) is 0.492. The summed E-state index contributed by atoms with van der Waals surface area (Å²) < 4.78 is 0. The summed E-state index contributed by atoms with van der Waals surface area (Å²) in [5, 5.41) is 0. The molecule has 56 valence electrons. The second-order valence-electron chi connectivity index (χ2n) is 4.64. The fraction of sp³-hybridized carbons (Fsp3) is 0.800. The highest BCUT2D eigenvalue weighted by Gasteiger charge is 2.52. The summed E-state index contributed by atoms with van der Waals surface area (Å²) in [7, 11) is 0. The van der Waals surface area contributed by atoms with Gasteiger partial charge in [-0.15, -0.1) is 0 Å². The van der Waals surface area contributed by atoms with Crippen LogP contribution in [0.4, 0.5) is 0 Å². The van der Waals surface area contributed by atoms with E-state index in [9.17, 15) is 0 Å². The highest BCUT2D eigenvalue weighted by Crippen LogP contribution is 2.61. The zero-order valence-corrected chi connectivity index (χ0v) is 7.15. The fourth-order valence-corrected chi connectivity index (χ4v) is 2.53. The van der Waals surface area contributed by atoms with Crippen LogP contribution >= 0.6 is 0 Å². The quantitative estimate of drug-likeness (QED) is 0.449. The maximum Gasteiger partial charge on any atom is -0.00895 e. The van der Waals surface area contributed by atoms with Crippen molar-refractivity contribution in [2.45, 2.75) is 33.6 Å². The van der Waals surface area contributed by atoms with E-state index in [1.165, 1.54) is 12.8 Å². The van der Waals surface area contributed by atoms with Gasteiger partial charge in [0.15, 0.2) is 0 Å². The molecule has 0 unspecified atom stereocenters. The van der Waals surface area contributed by atoms with Gasteiger partial charge in [0, 0.05) is 0 Å². The molecule has 0 heteroatoms. The maximum atomic E-state index is 2.43. The fourth-order valence-electron chi connectivity index (χ4n) is 2.53. The first kappa shape index (κ1) is 6.45. The van der Waals surface area contributed by atoms with E-state index in [0.29, 0.717) is 10.8 Å². The molecule has 10 heavy (non-hydrogen) atoms. The number of allylic oxidation sites excluding steroid dienone is 2. The Kier molecular flexibility index (Phi) is 0.962. The average molecular weight is 136 g/mol. The molecule has 2 aliphatic carbocycles. The standard InChI is InChI=1S/C10H16/c1-9(2)8-4-6-10(9,3)7-5-8/h4,6,8H,5,7H2,1-3H3/t8-,10+/m1/s1. The molecule has 1 saturated carbocycles. The van der Waals surface area contributed by atoms with Crippen molar-refractivity contribution < 1.29 is 0 Å². The van der Waals surface area contributed by atoms with Crippen molar-refractivity contribution in [1.29, 1.82) is 0 Å². The maximum absolute atomic E-state index is 2.43. The predicted octanol–water partition coefficient (Wildman–Crippen LogP) is 3.00. The largest absolute Gasteiger partial charge is 0.0843 e. The molecule has 0 aromatic carbocycles. The third-order valence-electron chi connectivity index (χ3n) is 4.07. The van der Waals surface area contributed by atoms with Crippen LogP contribution in [0.1, 0.15) is 33.6 Å². The SMILES string of the molecule is CC1(C)[C@@H]2C=C[C@@]1(C)CC2. The minimum atomic E-state index is 0.525. The van der Waals surface area contributed by atoms with E-state index >= 15 is 0 Å². The van der Waals surface area contributed by atoms with E-state index in [1.54, 1.807) is 0 Å². The zero-order chi connectivity index (χ0) is 7.41. The molecule has 0 saturated heterocycles. The number of hydrogen-bond acceptors (Lipinski definition) is 0. The molecule has 2 bridgehead atoms. The van der Waals surface area contributed by atoms with Crippen LogP contribution in [0.25, 0.3) is 0 Å². The van der Waals surface area contributed by atoms with E-state index < -0.39 is 0 Å². The zero-order valence-electron chi connectivity index (χ0n) is 7.15. The van der Waals surface area contributed by atoms with Crippen molar-refractivity contribution >= 4 is 0 Å². The summed E-state index contributed by atoms with van der Waals surface area (Å²) >= 11 is 0. The molecule has 0 amide bonds. The van der Waals surface area contributed by atoms with Gasteiger partial charge < -0.3 is 0 Å². The highest BCUT2D eigenvalue weighted by atomic mass is 14.6. The summed E-state index contributed by atoms with van der Waals surface area (Å²) in [5.74, 6) is 0.873. The molecule has 0 aromatic heterocycles. The van der Waals surface area contributed by atoms with Crippen LogP contribution in [-0.2, 0) is 0 Å². The second-order valence-corrected chi connectivity index (χ2v) is 4.64. The predicted molar refractivity (Wildman–Crippen MR) is 43.8 cm³/mol. The Morgan fingerprint density at radius 1 is 1.30 bits per heavy atom. The van der Waals surface area contributed by atoms with Crippen LogP contribution in [0.3, 0.4) is 0 Å². The number of fused-ring (bicyclic) bond motifs is 2. The van der Waals surface area contributed by atoms with E-state index in [-0.39, 0.29) is 0 Å². The topological polar surface area (TPSA) is 0 Å². The van der Waals surface area contributed by atoms with Crippen molar-refractivity contribution in [2.75, 3.05) is 0 Å². The lowest BCUT2D eigenvalue weighted by Crippen LogP contribution is -2.27. The Morgan fingerprint density at radius 3 is 2.10 bits per heavy atom. The molecule has 1 fully saturated rings. The van der Waals surface area contributed by atoms with Gasteiger partial charge in [0.25, 0.3) is 0 Å². The Morgan fingerprint density at radius 2 is 2.00 bits per heavy atom. The Labute approximate surface area is 63.3 Å². The minimum Gasteiger partial charge on any atom is -0.0843 e. The normalized spacial score (nSPS) is 48.5. The lowest BCUT2D eigenvalue weighted by atomic mass is 9.71. The summed E-state index contributed by atoms with van der Waals surface area (Å²) in [5.41, 5.74) is 1.07. The van der Waals surface area contributed by atoms with Gasteiger partial charge in [0.05, 0.1) is 0 Å². The Bertz CT molecular complexity index is 188. The molecule has 2 aliphatic rings. The van der Waals surface area contributed by atoms with E-state index in [1.807, 2.05) is 0 Å². The van der Waals surface area contributed by atoms with Crippen LogP contribution < -0.4 is 0 Å². The summed E-state index contributed by atoms with van der Waals surface area (Å²) in [6, 6.07) is 0. The minimum absolute atomic E-state index is 0.525. The smallest absolute Gasteiger partial charge is 0.00895 e. The van der Waals surface area contributed by atoms with Gasteiger partial charge in [0.2, 0.25) is 0 Å². The van der Waals surface area contributed by atoms with E-state index in [4.69, 9.17) is 0 Å². The van der Waals surface area contributed by atoms with Crippen LogP contribution in [0, 0.1) is 16.7 Å². The van der Waals surface area contributed by atoms with Crippen LogP contribution in [-0.4, -0.2) is 0 Å². The van der Waals surface area contributed by atoms with Gasteiger partial charge in [-0.2, -0.15) is 0 Å². The number of hydrogen-bond donors (Lipinski definition) is 0. The van der Waals surface area contributed by atoms with Crippen LogP contribution in [0.5, 0.6) is 0 Å². The molecule has 0 N–H and O–H groups in total. The molecule has 0 spiro atoms. The molecular weight excluding hydrogens is 120 g/mol. The first-order valence-electron chi connectivity index (χ1n) is 4.26. The van der Waals surface area contributed by atoms with Crippen LogP contribution in [0.15, 0.2) is 12.2 Å². The summed E-state index contributed by atoms with van der Waals surface area (Å²) in [4.78, 5) is 0. The van der Waals surface area contributed by atoms with Crippen molar-refractivity contribution in [3.63, 3.8) is 0 Å². The van der Waals surface area contributed by atoms with E-state index in [2.05, 4.69) is 32.9 Å². The summed E-state index contributed by atoms with van der Waals surface area (Å²) in [6.45, 7) is 7.21. The number of rotatable bonds is 0. The van der Waals surface area contributed by atoms with Crippen molar-refractivity contribution in [2.24, 2.45) is 16.7 Å². The third-order valence-corrected chi connectivity index (χ3v) is 4.07. The molecule has 0 aromatic rings. The van der Waals surface area contributed by atoms with Gasteiger partial charge >= 0.3 is 0 Å². The molecule has 2 atom stereocenters. The summed E-state index contributed by atoms with van der Waals surface area (Å²) in [6.07, 6.45) is 7.67.